The zero-order valence-corrected chi connectivity index (χ0v) is 17.2. The number of fused-ring (bicyclic) bond motifs is 1. The highest BCUT2D eigenvalue weighted by Crippen LogP contribution is 2.29. The van der Waals surface area contributed by atoms with E-state index in [9.17, 15) is 9.18 Å². The van der Waals surface area contributed by atoms with E-state index in [2.05, 4.69) is 25.7 Å². The van der Waals surface area contributed by atoms with E-state index in [1.165, 1.54) is 18.2 Å². The predicted molar refractivity (Wildman–Crippen MR) is 115 cm³/mol. The van der Waals surface area contributed by atoms with Crippen LogP contribution in [0.25, 0.3) is 5.78 Å². The Bertz CT molecular complexity index is 1210. The predicted octanol–water partition coefficient (Wildman–Crippen LogP) is 4.93. The Balaban J connectivity index is 1.46. The first kappa shape index (κ1) is 19.8. The van der Waals surface area contributed by atoms with E-state index < -0.39 is 11.8 Å². The maximum atomic E-state index is 13.2. The van der Waals surface area contributed by atoms with Crippen LogP contribution in [0.3, 0.4) is 0 Å². The molecule has 0 bridgehead atoms. The normalized spacial score (nSPS) is 10.9. The highest BCUT2D eigenvalue weighted by atomic mass is 32.2. The van der Waals surface area contributed by atoms with Gasteiger partial charge >= 0.3 is 6.03 Å². The number of hydrogen-bond acceptors (Lipinski definition) is 5. The summed E-state index contributed by atoms with van der Waals surface area (Å²) in [5.41, 5.74) is 1.96. The molecule has 4 rings (SSSR count). The second-order valence-corrected chi connectivity index (χ2v) is 7.62. The Morgan fingerprint density at radius 2 is 1.83 bits per heavy atom. The SMILES string of the molecule is CCc1cc(Sc2ccc(NC(=O)Nc3cccc(F)c3)cc2)n2nc(C)nc2n1. The summed E-state index contributed by atoms with van der Waals surface area (Å²) in [6.45, 7) is 3.88. The summed E-state index contributed by atoms with van der Waals surface area (Å²) in [7, 11) is 0. The third-order valence-corrected chi connectivity index (χ3v) is 5.23. The van der Waals surface area contributed by atoms with E-state index in [0.29, 0.717) is 23.0 Å². The largest absolute Gasteiger partial charge is 0.323 e. The first-order valence-electron chi connectivity index (χ1n) is 9.35. The number of urea groups is 1. The number of nitrogens with one attached hydrogen (secondary N) is 2. The van der Waals surface area contributed by atoms with E-state index in [1.807, 2.05) is 32.0 Å². The summed E-state index contributed by atoms with van der Waals surface area (Å²) < 4.78 is 15.0. The van der Waals surface area contributed by atoms with Crippen molar-refractivity contribution in [1.82, 2.24) is 19.6 Å². The van der Waals surface area contributed by atoms with Crippen molar-refractivity contribution >= 4 is 34.9 Å². The van der Waals surface area contributed by atoms with Gasteiger partial charge in [0, 0.05) is 22.0 Å². The maximum Gasteiger partial charge on any atom is 0.323 e. The van der Waals surface area contributed by atoms with E-state index >= 15 is 0 Å². The van der Waals surface area contributed by atoms with Gasteiger partial charge in [0.25, 0.3) is 5.78 Å². The first-order chi connectivity index (χ1) is 14.5. The molecular formula is C21H19FN6OS. The highest BCUT2D eigenvalue weighted by Gasteiger charge is 2.11. The minimum absolute atomic E-state index is 0.385. The van der Waals surface area contributed by atoms with Gasteiger partial charge in [-0.3, -0.25) is 0 Å². The average Bonchev–Trinajstić information content (AvgIpc) is 3.09. The van der Waals surface area contributed by atoms with Crippen molar-refractivity contribution in [2.45, 2.75) is 30.2 Å². The number of rotatable bonds is 5. The molecule has 7 nitrogen and oxygen atoms in total. The van der Waals surface area contributed by atoms with E-state index in [4.69, 9.17) is 0 Å². The summed E-state index contributed by atoms with van der Waals surface area (Å²) in [5, 5.41) is 10.7. The molecule has 0 aliphatic carbocycles. The minimum Gasteiger partial charge on any atom is -0.308 e. The lowest BCUT2D eigenvalue weighted by atomic mass is 10.3. The number of halogens is 1. The molecule has 0 saturated heterocycles. The third kappa shape index (κ3) is 4.57. The summed E-state index contributed by atoms with van der Waals surface area (Å²) in [5.74, 6) is 0.844. The molecule has 2 N–H and O–H groups in total. The molecule has 0 aliphatic rings. The number of anilines is 2. The van der Waals surface area contributed by atoms with Crippen LogP contribution in [0.4, 0.5) is 20.6 Å². The molecule has 0 aliphatic heterocycles. The average molecular weight is 422 g/mol. The van der Waals surface area contributed by atoms with Crippen LogP contribution in [-0.2, 0) is 6.42 Å². The lowest BCUT2D eigenvalue weighted by molar-refractivity contribution is 0.262. The number of carbonyl (C=O) groups is 1. The first-order valence-corrected chi connectivity index (χ1v) is 10.2. The van der Waals surface area contributed by atoms with E-state index in [0.717, 1.165) is 22.0 Å². The van der Waals surface area contributed by atoms with E-state index in [-0.39, 0.29) is 0 Å². The lowest BCUT2D eigenvalue weighted by Gasteiger charge is -2.09. The highest BCUT2D eigenvalue weighted by molar-refractivity contribution is 7.99. The quantitative estimate of drug-likeness (QED) is 0.446. The molecule has 2 heterocycles. The van der Waals surface area contributed by atoms with Crippen molar-refractivity contribution in [3.05, 3.63) is 71.9 Å². The van der Waals surface area contributed by atoms with Crippen molar-refractivity contribution < 1.29 is 9.18 Å². The maximum absolute atomic E-state index is 13.2. The molecule has 0 spiro atoms. The topological polar surface area (TPSA) is 84.2 Å². The number of carbonyl (C=O) groups excluding carboxylic acids is 1. The van der Waals surface area contributed by atoms with Crippen LogP contribution in [0, 0.1) is 12.7 Å². The standard InChI is InChI=1S/C21H19FN6OS/c1-3-15-12-19(28-20(24-15)23-13(2)27-28)30-18-9-7-16(8-10-18)25-21(29)26-17-6-4-5-14(22)11-17/h4-12H,3H2,1-2H3,(H2,25,26,29). The summed E-state index contributed by atoms with van der Waals surface area (Å²) >= 11 is 1.54. The van der Waals surface area contributed by atoms with Gasteiger partial charge in [0.15, 0.2) is 0 Å². The molecule has 152 valence electrons. The van der Waals surface area contributed by atoms with Gasteiger partial charge in [-0.1, -0.05) is 24.8 Å². The van der Waals surface area contributed by atoms with Gasteiger partial charge in [-0.05, 0) is 61.9 Å². The van der Waals surface area contributed by atoms with Crippen molar-refractivity contribution in [1.29, 1.82) is 0 Å². The summed E-state index contributed by atoms with van der Waals surface area (Å²) in [6.07, 6.45) is 0.805. The van der Waals surface area contributed by atoms with Gasteiger partial charge in [-0.15, -0.1) is 5.10 Å². The minimum atomic E-state index is -0.442. The fraction of sp³-hybridized carbons (Fsp3) is 0.143. The molecule has 0 fully saturated rings. The second-order valence-electron chi connectivity index (χ2n) is 6.53. The molecule has 0 atom stereocenters. The molecule has 2 aromatic carbocycles. The van der Waals surface area contributed by atoms with Crippen LogP contribution >= 0.6 is 11.8 Å². The van der Waals surface area contributed by atoms with Gasteiger partial charge < -0.3 is 10.6 Å². The summed E-state index contributed by atoms with van der Waals surface area (Å²) in [4.78, 5) is 22.0. The van der Waals surface area contributed by atoms with Crippen LogP contribution in [0.2, 0.25) is 0 Å². The van der Waals surface area contributed by atoms with Crippen LogP contribution in [0.1, 0.15) is 18.4 Å². The van der Waals surface area contributed by atoms with Gasteiger partial charge in [0.1, 0.15) is 16.7 Å². The Kier molecular flexibility index (Phi) is 5.62. The molecule has 30 heavy (non-hydrogen) atoms. The lowest BCUT2D eigenvalue weighted by Crippen LogP contribution is -2.19. The third-order valence-electron chi connectivity index (χ3n) is 4.22. The molecule has 0 radical (unpaired) electrons. The molecule has 4 aromatic rings. The number of aromatic nitrogens is 4. The number of amides is 2. The Hall–Kier alpha value is -3.46. The molecular weight excluding hydrogens is 403 g/mol. The Morgan fingerprint density at radius 3 is 2.57 bits per heavy atom. The fourth-order valence-electron chi connectivity index (χ4n) is 2.83. The van der Waals surface area contributed by atoms with Crippen LogP contribution in [0.15, 0.2) is 64.5 Å². The number of hydrogen-bond donors (Lipinski definition) is 2. The van der Waals surface area contributed by atoms with Crippen molar-refractivity contribution in [3.8, 4) is 0 Å². The van der Waals surface area contributed by atoms with Gasteiger partial charge in [0.2, 0.25) is 0 Å². The molecule has 2 aromatic heterocycles. The molecule has 0 saturated carbocycles. The second kappa shape index (κ2) is 8.50. The fourth-order valence-corrected chi connectivity index (χ4v) is 3.75. The van der Waals surface area contributed by atoms with Crippen LogP contribution < -0.4 is 10.6 Å². The Morgan fingerprint density at radius 1 is 1.07 bits per heavy atom. The molecule has 2 amide bonds. The van der Waals surface area contributed by atoms with Crippen molar-refractivity contribution in [2.75, 3.05) is 10.6 Å². The zero-order valence-electron chi connectivity index (χ0n) is 16.4. The van der Waals surface area contributed by atoms with E-state index in [1.54, 1.807) is 34.5 Å². The molecule has 0 unspecified atom stereocenters. The van der Waals surface area contributed by atoms with Gasteiger partial charge in [-0.2, -0.15) is 9.50 Å². The number of nitrogens with zero attached hydrogens (tertiary/aromatic N) is 4. The Labute approximate surface area is 176 Å². The number of aryl methyl sites for hydroxylation is 2. The van der Waals surface area contributed by atoms with Gasteiger partial charge in [0.05, 0.1) is 0 Å². The van der Waals surface area contributed by atoms with Crippen molar-refractivity contribution in [2.24, 2.45) is 0 Å². The molecule has 9 heteroatoms. The van der Waals surface area contributed by atoms with Crippen LogP contribution in [0.5, 0.6) is 0 Å². The smallest absolute Gasteiger partial charge is 0.308 e. The summed E-state index contributed by atoms with van der Waals surface area (Å²) in [6, 6.07) is 14.7. The number of benzene rings is 2. The zero-order chi connectivity index (χ0) is 21.1. The van der Waals surface area contributed by atoms with Crippen LogP contribution in [-0.4, -0.2) is 25.6 Å². The van der Waals surface area contributed by atoms with Crippen molar-refractivity contribution in [3.63, 3.8) is 0 Å². The monoisotopic (exact) mass is 422 g/mol. The van der Waals surface area contributed by atoms with Gasteiger partial charge in [-0.25, -0.2) is 14.2 Å².